The van der Waals surface area contributed by atoms with Crippen LogP contribution in [0.4, 0.5) is 0 Å². The summed E-state index contributed by atoms with van der Waals surface area (Å²) in [5.41, 5.74) is 1.34. The third kappa shape index (κ3) is 2.62. The largest absolute Gasteiger partial charge is 0.331 e. The Labute approximate surface area is 76.4 Å². The number of nitrogens with zero attached hydrogens (tertiary/aromatic N) is 1. The molecule has 0 aliphatic heterocycles. The van der Waals surface area contributed by atoms with E-state index in [9.17, 15) is 0 Å². The van der Waals surface area contributed by atoms with Crippen LogP contribution in [-0.4, -0.2) is 0 Å². The van der Waals surface area contributed by atoms with Crippen LogP contribution in [0.25, 0.3) is 0 Å². The molecule has 0 aromatic carbocycles. The first-order chi connectivity index (χ1) is 5.34. The Morgan fingerprint density at radius 3 is 2.91 bits per heavy atom. The Kier molecular flexibility index (Phi) is 3.57. The summed E-state index contributed by atoms with van der Waals surface area (Å²) in [5, 5.41) is 0. The van der Waals surface area contributed by atoms with Crippen molar-refractivity contribution in [1.29, 1.82) is 0 Å². The van der Waals surface area contributed by atoms with Crippen molar-refractivity contribution < 1.29 is 3.59 Å². The molecule has 1 aromatic heterocycles. The van der Waals surface area contributed by atoms with Gasteiger partial charge in [-0.15, -0.1) is 3.59 Å². The smallest absolute Gasteiger partial charge is 0.127 e. The standard InChI is InChI=1S/C9H13BrN/c1-2-3-6-9-7-4-5-8-11(9)10/h4-5,7-8H,2-3,6H2,1H3/q+1. The summed E-state index contributed by atoms with van der Waals surface area (Å²) >= 11 is 3.44. The van der Waals surface area contributed by atoms with Gasteiger partial charge in [-0.1, -0.05) is 19.4 Å². The summed E-state index contributed by atoms with van der Waals surface area (Å²) in [5.74, 6) is 0. The van der Waals surface area contributed by atoms with Crippen LogP contribution < -0.4 is 3.59 Å². The predicted octanol–water partition coefficient (Wildman–Crippen LogP) is 2.47. The van der Waals surface area contributed by atoms with E-state index in [0.29, 0.717) is 0 Å². The topological polar surface area (TPSA) is 3.88 Å². The minimum Gasteiger partial charge on any atom is -0.127 e. The number of unbranched alkanes of at least 4 members (excludes halogenated alkanes) is 1. The van der Waals surface area contributed by atoms with Gasteiger partial charge in [0.25, 0.3) is 0 Å². The van der Waals surface area contributed by atoms with Crippen molar-refractivity contribution in [2.24, 2.45) is 0 Å². The lowest BCUT2D eigenvalue weighted by Gasteiger charge is -1.93. The van der Waals surface area contributed by atoms with Crippen LogP contribution in [0.15, 0.2) is 24.4 Å². The van der Waals surface area contributed by atoms with Gasteiger partial charge in [-0.3, -0.25) is 0 Å². The fourth-order valence-corrected chi connectivity index (χ4v) is 1.44. The predicted molar refractivity (Wildman–Crippen MR) is 49.6 cm³/mol. The monoisotopic (exact) mass is 214 g/mol. The molecule has 2 heteroatoms. The van der Waals surface area contributed by atoms with Crippen molar-refractivity contribution in [3.05, 3.63) is 30.1 Å². The highest BCUT2D eigenvalue weighted by Gasteiger charge is 2.04. The van der Waals surface area contributed by atoms with Crippen LogP contribution in [0.5, 0.6) is 0 Å². The van der Waals surface area contributed by atoms with Crippen LogP contribution in [0, 0.1) is 0 Å². The lowest BCUT2D eigenvalue weighted by atomic mass is 10.2. The van der Waals surface area contributed by atoms with E-state index in [2.05, 4.69) is 35.2 Å². The summed E-state index contributed by atoms with van der Waals surface area (Å²) in [6.45, 7) is 2.21. The van der Waals surface area contributed by atoms with Gasteiger partial charge in [0, 0.05) is 18.6 Å². The van der Waals surface area contributed by atoms with Crippen LogP contribution >= 0.6 is 16.1 Å². The van der Waals surface area contributed by atoms with E-state index < -0.39 is 0 Å². The molecule has 0 spiro atoms. The van der Waals surface area contributed by atoms with Gasteiger partial charge in [-0.2, -0.15) is 0 Å². The van der Waals surface area contributed by atoms with E-state index in [-0.39, 0.29) is 0 Å². The number of pyridine rings is 1. The minimum atomic E-state index is 1.16. The van der Waals surface area contributed by atoms with Gasteiger partial charge in [0.05, 0.1) is 0 Å². The molecule has 1 heterocycles. The molecular weight excluding hydrogens is 202 g/mol. The van der Waals surface area contributed by atoms with Crippen molar-refractivity contribution >= 4 is 16.1 Å². The summed E-state index contributed by atoms with van der Waals surface area (Å²) in [7, 11) is 0. The fourth-order valence-electron chi connectivity index (χ4n) is 1.01. The van der Waals surface area contributed by atoms with Gasteiger partial charge in [-0.05, 0) is 6.42 Å². The van der Waals surface area contributed by atoms with Gasteiger partial charge >= 0.3 is 16.1 Å². The molecule has 1 nitrogen and oxygen atoms in total. The summed E-state index contributed by atoms with van der Waals surface area (Å²) < 4.78 is 2.00. The van der Waals surface area contributed by atoms with Crippen LogP contribution in [0.2, 0.25) is 0 Å². The zero-order valence-corrected chi connectivity index (χ0v) is 8.34. The van der Waals surface area contributed by atoms with Gasteiger partial charge in [0.2, 0.25) is 0 Å². The molecule has 0 aliphatic carbocycles. The zero-order chi connectivity index (χ0) is 8.10. The van der Waals surface area contributed by atoms with E-state index in [4.69, 9.17) is 0 Å². The second-order valence-corrected chi connectivity index (χ2v) is 3.37. The molecule has 1 aromatic rings. The van der Waals surface area contributed by atoms with Crippen molar-refractivity contribution in [1.82, 2.24) is 0 Å². The van der Waals surface area contributed by atoms with E-state index >= 15 is 0 Å². The van der Waals surface area contributed by atoms with Crippen molar-refractivity contribution in [2.75, 3.05) is 0 Å². The molecule has 1 rings (SSSR count). The third-order valence-electron chi connectivity index (χ3n) is 1.68. The highest BCUT2D eigenvalue weighted by atomic mass is 79.9. The van der Waals surface area contributed by atoms with E-state index in [1.165, 1.54) is 18.5 Å². The number of halogens is 1. The van der Waals surface area contributed by atoms with E-state index in [1.54, 1.807) is 0 Å². The first-order valence-electron chi connectivity index (χ1n) is 4.00. The SMILES string of the molecule is CCCCc1cccc[n+]1Br. The Hall–Kier alpha value is -0.370. The first kappa shape index (κ1) is 8.72. The summed E-state index contributed by atoms with van der Waals surface area (Å²) in [6.07, 6.45) is 5.69. The Morgan fingerprint density at radius 1 is 1.45 bits per heavy atom. The molecule has 0 N–H and O–H groups in total. The van der Waals surface area contributed by atoms with Gasteiger partial charge in [0.1, 0.15) is 0 Å². The molecule has 0 amide bonds. The number of aryl methyl sites for hydroxylation is 1. The quantitative estimate of drug-likeness (QED) is 0.729. The second-order valence-electron chi connectivity index (χ2n) is 2.61. The summed E-state index contributed by atoms with van der Waals surface area (Å²) in [6, 6.07) is 6.23. The molecule has 0 bridgehead atoms. The van der Waals surface area contributed by atoms with Crippen molar-refractivity contribution in [3.63, 3.8) is 0 Å². The molecule has 60 valence electrons. The molecule has 0 atom stereocenters. The van der Waals surface area contributed by atoms with Crippen LogP contribution in [-0.2, 0) is 6.42 Å². The van der Waals surface area contributed by atoms with Crippen LogP contribution in [0.3, 0.4) is 0 Å². The Bertz CT molecular complexity index is 223. The molecular formula is C9H13BrN+. The minimum absolute atomic E-state index is 1.16. The molecule has 0 saturated heterocycles. The zero-order valence-electron chi connectivity index (χ0n) is 6.76. The van der Waals surface area contributed by atoms with Gasteiger partial charge < -0.3 is 0 Å². The maximum Gasteiger partial charge on any atom is 0.331 e. The third-order valence-corrected chi connectivity index (χ3v) is 2.37. The lowest BCUT2D eigenvalue weighted by molar-refractivity contribution is -0.484. The number of aromatic nitrogens is 1. The lowest BCUT2D eigenvalue weighted by Crippen LogP contribution is -2.24. The highest BCUT2D eigenvalue weighted by molar-refractivity contribution is 9.04. The Morgan fingerprint density at radius 2 is 2.27 bits per heavy atom. The number of rotatable bonds is 3. The molecule has 0 fully saturated rings. The van der Waals surface area contributed by atoms with E-state index in [1.807, 2.05) is 15.9 Å². The number of hydrogen-bond donors (Lipinski definition) is 0. The number of hydrogen-bond acceptors (Lipinski definition) is 0. The fraction of sp³-hybridized carbons (Fsp3) is 0.444. The average Bonchev–Trinajstić information content (AvgIpc) is 2.03. The van der Waals surface area contributed by atoms with Gasteiger partial charge in [0.15, 0.2) is 11.9 Å². The maximum absolute atomic E-state index is 3.44. The second kappa shape index (κ2) is 4.50. The van der Waals surface area contributed by atoms with Gasteiger partial charge in [-0.25, -0.2) is 0 Å². The molecule has 0 unspecified atom stereocenters. The Balaban J connectivity index is 2.62. The molecule has 11 heavy (non-hydrogen) atoms. The normalized spacial score (nSPS) is 10.0. The summed E-state index contributed by atoms with van der Waals surface area (Å²) in [4.78, 5) is 0. The van der Waals surface area contributed by atoms with Crippen LogP contribution in [0.1, 0.15) is 25.5 Å². The first-order valence-corrected chi connectivity index (χ1v) is 4.71. The van der Waals surface area contributed by atoms with Crippen molar-refractivity contribution in [2.45, 2.75) is 26.2 Å². The van der Waals surface area contributed by atoms with Crippen molar-refractivity contribution in [3.8, 4) is 0 Å². The average molecular weight is 215 g/mol. The highest BCUT2D eigenvalue weighted by Crippen LogP contribution is 1.99. The molecule has 0 saturated carbocycles. The van der Waals surface area contributed by atoms with E-state index in [0.717, 1.165) is 6.42 Å². The molecule has 0 aliphatic rings. The maximum atomic E-state index is 3.44. The molecule has 0 radical (unpaired) electrons.